The normalized spacial score (nSPS) is 10.8. The zero-order valence-electron chi connectivity index (χ0n) is 10.5. The summed E-state index contributed by atoms with van der Waals surface area (Å²) in [5.41, 5.74) is 1.26. The molecule has 1 aromatic carbocycles. The van der Waals surface area contributed by atoms with Crippen LogP contribution in [0.1, 0.15) is 5.56 Å². The summed E-state index contributed by atoms with van der Waals surface area (Å²) in [6.07, 6.45) is 0.915. The molecule has 0 radical (unpaired) electrons. The standard InChI is InChI=1S/C13H19Br2NO2/c1-17-8-5-16-6-9-18-7-4-11-10-12(14)2-3-13(11)15/h2-3,10,16H,4-9H2,1H3. The highest BCUT2D eigenvalue weighted by Crippen LogP contribution is 2.21. The lowest BCUT2D eigenvalue weighted by molar-refractivity contribution is 0.135. The highest BCUT2D eigenvalue weighted by molar-refractivity contribution is 9.11. The quantitative estimate of drug-likeness (QED) is 0.668. The van der Waals surface area contributed by atoms with E-state index in [0.717, 1.165) is 48.3 Å². The minimum absolute atomic E-state index is 0.731. The van der Waals surface area contributed by atoms with E-state index >= 15 is 0 Å². The topological polar surface area (TPSA) is 30.5 Å². The fourth-order valence-electron chi connectivity index (χ4n) is 1.46. The number of nitrogens with one attached hydrogen (secondary N) is 1. The first-order valence-electron chi connectivity index (χ1n) is 5.95. The largest absolute Gasteiger partial charge is 0.383 e. The number of hydrogen-bond donors (Lipinski definition) is 1. The van der Waals surface area contributed by atoms with E-state index in [4.69, 9.17) is 9.47 Å². The number of rotatable bonds is 9. The van der Waals surface area contributed by atoms with Gasteiger partial charge in [-0.05, 0) is 30.2 Å². The summed E-state index contributed by atoms with van der Waals surface area (Å²) in [6.45, 7) is 3.95. The predicted octanol–water partition coefficient (Wildman–Crippen LogP) is 3.01. The zero-order chi connectivity index (χ0) is 13.2. The van der Waals surface area contributed by atoms with E-state index in [-0.39, 0.29) is 0 Å². The Bertz CT molecular complexity index is 348. The van der Waals surface area contributed by atoms with Gasteiger partial charge in [-0.15, -0.1) is 0 Å². The Morgan fingerprint density at radius 3 is 2.67 bits per heavy atom. The summed E-state index contributed by atoms with van der Waals surface area (Å²) in [4.78, 5) is 0. The van der Waals surface area contributed by atoms with Crippen LogP contribution in [0, 0.1) is 0 Å². The molecule has 0 saturated carbocycles. The first-order valence-corrected chi connectivity index (χ1v) is 7.54. The Morgan fingerprint density at radius 2 is 1.89 bits per heavy atom. The molecule has 18 heavy (non-hydrogen) atoms. The molecule has 0 aromatic heterocycles. The third-order valence-electron chi connectivity index (χ3n) is 2.43. The number of methoxy groups -OCH3 is 1. The van der Waals surface area contributed by atoms with Crippen molar-refractivity contribution in [2.45, 2.75) is 6.42 Å². The van der Waals surface area contributed by atoms with Crippen LogP contribution in [0.3, 0.4) is 0 Å². The molecule has 0 aliphatic carbocycles. The Hall–Kier alpha value is 0.0600. The first kappa shape index (κ1) is 16.1. The Labute approximate surface area is 125 Å². The maximum atomic E-state index is 5.57. The van der Waals surface area contributed by atoms with E-state index < -0.39 is 0 Å². The van der Waals surface area contributed by atoms with Gasteiger partial charge in [0.25, 0.3) is 0 Å². The molecule has 1 N–H and O–H groups in total. The van der Waals surface area contributed by atoms with Gasteiger partial charge in [0, 0.05) is 29.1 Å². The average Bonchev–Trinajstić information content (AvgIpc) is 2.36. The van der Waals surface area contributed by atoms with Crippen molar-refractivity contribution in [3.63, 3.8) is 0 Å². The van der Waals surface area contributed by atoms with Crippen molar-refractivity contribution in [2.24, 2.45) is 0 Å². The van der Waals surface area contributed by atoms with Crippen LogP contribution in [0.4, 0.5) is 0 Å². The molecule has 0 spiro atoms. The van der Waals surface area contributed by atoms with Crippen molar-refractivity contribution in [3.05, 3.63) is 32.7 Å². The molecule has 0 aliphatic rings. The molecule has 102 valence electrons. The molecule has 0 heterocycles. The van der Waals surface area contributed by atoms with E-state index in [9.17, 15) is 0 Å². The Morgan fingerprint density at radius 1 is 1.11 bits per heavy atom. The van der Waals surface area contributed by atoms with Gasteiger partial charge in [-0.25, -0.2) is 0 Å². The molecule has 0 atom stereocenters. The maximum Gasteiger partial charge on any atom is 0.0591 e. The first-order chi connectivity index (χ1) is 8.74. The molecule has 5 heteroatoms. The summed E-state index contributed by atoms with van der Waals surface area (Å²) >= 11 is 7.01. The van der Waals surface area contributed by atoms with Crippen LogP contribution in [0.5, 0.6) is 0 Å². The van der Waals surface area contributed by atoms with Gasteiger partial charge >= 0.3 is 0 Å². The van der Waals surface area contributed by atoms with Crippen LogP contribution in [-0.2, 0) is 15.9 Å². The lowest BCUT2D eigenvalue weighted by Gasteiger charge is -2.07. The van der Waals surface area contributed by atoms with E-state index in [2.05, 4.69) is 43.2 Å². The Balaban J connectivity index is 2.09. The van der Waals surface area contributed by atoms with E-state index in [1.807, 2.05) is 12.1 Å². The molecule has 0 bridgehead atoms. The van der Waals surface area contributed by atoms with Crippen molar-refractivity contribution in [2.75, 3.05) is 40.0 Å². The van der Waals surface area contributed by atoms with E-state index in [1.54, 1.807) is 7.11 Å². The van der Waals surface area contributed by atoms with Crippen molar-refractivity contribution in [1.29, 1.82) is 0 Å². The second-order valence-corrected chi connectivity index (χ2v) is 5.61. The molecular formula is C13H19Br2NO2. The average molecular weight is 381 g/mol. The van der Waals surface area contributed by atoms with Gasteiger partial charge in [0.05, 0.1) is 19.8 Å². The van der Waals surface area contributed by atoms with E-state index in [0.29, 0.717) is 0 Å². The van der Waals surface area contributed by atoms with Crippen LogP contribution in [0.15, 0.2) is 27.1 Å². The number of halogens is 2. The van der Waals surface area contributed by atoms with Crippen LogP contribution >= 0.6 is 31.9 Å². The van der Waals surface area contributed by atoms with Crippen molar-refractivity contribution >= 4 is 31.9 Å². The zero-order valence-corrected chi connectivity index (χ0v) is 13.7. The smallest absolute Gasteiger partial charge is 0.0591 e. The van der Waals surface area contributed by atoms with Gasteiger partial charge in [0.2, 0.25) is 0 Å². The molecule has 3 nitrogen and oxygen atoms in total. The monoisotopic (exact) mass is 379 g/mol. The fraction of sp³-hybridized carbons (Fsp3) is 0.538. The summed E-state index contributed by atoms with van der Waals surface area (Å²) in [5.74, 6) is 0. The van der Waals surface area contributed by atoms with Crippen molar-refractivity contribution < 1.29 is 9.47 Å². The van der Waals surface area contributed by atoms with Crippen molar-refractivity contribution in [1.82, 2.24) is 5.32 Å². The molecule has 0 amide bonds. The summed E-state index contributed by atoms with van der Waals surface area (Å²) in [5, 5.41) is 3.24. The second kappa shape index (κ2) is 9.92. The van der Waals surface area contributed by atoms with Gasteiger partial charge in [-0.3, -0.25) is 0 Å². The molecule has 0 fully saturated rings. The highest BCUT2D eigenvalue weighted by atomic mass is 79.9. The highest BCUT2D eigenvalue weighted by Gasteiger charge is 2.00. The summed E-state index contributed by atoms with van der Waals surface area (Å²) in [6, 6.07) is 6.18. The molecule has 0 unspecified atom stereocenters. The summed E-state index contributed by atoms with van der Waals surface area (Å²) < 4.78 is 12.7. The van der Waals surface area contributed by atoms with Crippen LogP contribution in [0.2, 0.25) is 0 Å². The SMILES string of the molecule is COCCNCCOCCc1cc(Br)ccc1Br. The Kier molecular flexibility index (Phi) is 8.88. The number of ether oxygens (including phenoxy) is 2. The van der Waals surface area contributed by atoms with Crippen LogP contribution in [-0.4, -0.2) is 40.0 Å². The third kappa shape index (κ3) is 6.85. The van der Waals surface area contributed by atoms with Gasteiger partial charge < -0.3 is 14.8 Å². The fourth-order valence-corrected chi connectivity index (χ4v) is 2.32. The lowest BCUT2D eigenvalue weighted by atomic mass is 10.2. The molecule has 0 saturated heterocycles. The molecule has 1 rings (SSSR count). The third-order valence-corrected chi connectivity index (χ3v) is 3.70. The predicted molar refractivity (Wildman–Crippen MR) is 81.1 cm³/mol. The molecular weight excluding hydrogens is 362 g/mol. The summed E-state index contributed by atoms with van der Waals surface area (Å²) in [7, 11) is 1.70. The van der Waals surface area contributed by atoms with Crippen LogP contribution in [0.25, 0.3) is 0 Å². The minimum atomic E-state index is 0.731. The van der Waals surface area contributed by atoms with Crippen molar-refractivity contribution in [3.8, 4) is 0 Å². The maximum absolute atomic E-state index is 5.57. The van der Waals surface area contributed by atoms with Gasteiger partial charge in [0.15, 0.2) is 0 Å². The van der Waals surface area contributed by atoms with E-state index in [1.165, 1.54) is 5.56 Å². The van der Waals surface area contributed by atoms with Gasteiger partial charge in [-0.1, -0.05) is 31.9 Å². The molecule has 1 aromatic rings. The second-order valence-electron chi connectivity index (χ2n) is 3.84. The van der Waals surface area contributed by atoms with Crippen LogP contribution < -0.4 is 5.32 Å². The molecule has 0 aliphatic heterocycles. The number of hydrogen-bond acceptors (Lipinski definition) is 3. The number of benzene rings is 1. The minimum Gasteiger partial charge on any atom is -0.383 e. The van der Waals surface area contributed by atoms with Gasteiger partial charge in [-0.2, -0.15) is 0 Å². The van der Waals surface area contributed by atoms with Gasteiger partial charge in [0.1, 0.15) is 0 Å². The lowest BCUT2D eigenvalue weighted by Crippen LogP contribution is -2.23.